The highest BCUT2D eigenvalue weighted by molar-refractivity contribution is 7.90. The Morgan fingerprint density at radius 2 is 1.80 bits per heavy atom. The molecule has 0 radical (unpaired) electrons. The van der Waals surface area contributed by atoms with E-state index in [1.54, 1.807) is 43.3 Å². The van der Waals surface area contributed by atoms with Gasteiger partial charge in [-0.15, -0.1) is 11.3 Å². The summed E-state index contributed by atoms with van der Waals surface area (Å²) in [5, 5.41) is 4.25. The molecule has 1 N–H and O–H groups in total. The van der Waals surface area contributed by atoms with Crippen molar-refractivity contribution >= 4 is 38.7 Å². The van der Waals surface area contributed by atoms with Crippen LogP contribution in [0.25, 0.3) is 0 Å². The van der Waals surface area contributed by atoms with Gasteiger partial charge in [-0.2, -0.15) is 0 Å². The summed E-state index contributed by atoms with van der Waals surface area (Å²) < 4.78 is 28.9. The number of aromatic nitrogens is 1. The van der Waals surface area contributed by atoms with Gasteiger partial charge in [-0.1, -0.05) is 23.7 Å². The van der Waals surface area contributed by atoms with E-state index in [1.165, 1.54) is 23.5 Å². The second-order valence-corrected chi connectivity index (χ2v) is 10.3. The fourth-order valence-electron chi connectivity index (χ4n) is 2.75. The Morgan fingerprint density at radius 1 is 1.17 bits per heavy atom. The molecule has 9 heteroatoms. The first kappa shape index (κ1) is 22.3. The number of hydrogen-bond acceptors (Lipinski definition) is 6. The Hall–Kier alpha value is -2.42. The Morgan fingerprint density at radius 3 is 2.40 bits per heavy atom. The molecule has 30 heavy (non-hydrogen) atoms. The molecule has 0 aliphatic carbocycles. The van der Waals surface area contributed by atoms with Crippen molar-refractivity contribution in [3.8, 4) is 5.75 Å². The minimum atomic E-state index is -3.25. The molecule has 2 aromatic carbocycles. The number of aryl methyl sites for hydroxylation is 1. The average molecular weight is 465 g/mol. The van der Waals surface area contributed by atoms with E-state index in [4.69, 9.17) is 16.3 Å². The lowest BCUT2D eigenvalue weighted by Crippen LogP contribution is -2.26. The Labute approximate surface area is 184 Å². The number of hydrogen-bond donors (Lipinski definition) is 1. The molecule has 1 heterocycles. The lowest BCUT2D eigenvalue weighted by Gasteiger charge is -2.14. The molecule has 0 saturated heterocycles. The molecule has 1 atom stereocenters. The Kier molecular flexibility index (Phi) is 6.80. The highest BCUT2D eigenvalue weighted by Gasteiger charge is 2.18. The number of halogens is 1. The van der Waals surface area contributed by atoms with Gasteiger partial charge in [0, 0.05) is 11.3 Å². The van der Waals surface area contributed by atoms with Gasteiger partial charge in [0.2, 0.25) is 0 Å². The molecule has 0 fully saturated rings. The number of benzene rings is 2. The number of sulfone groups is 1. The maximum absolute atomic E-state index is 12.7. The van der Waals surface area contributed by atoms with E-state index < -0.39 is 9.84 Å². The van der Waals surface area contributed by atoms with E-state index in [0.29, 0.717) is 26.4 Å². The zero-order valence-corrected chi connectivity index (χ0v) is 19.1. The molecule has 3 rings (SSSR count). The van der Waals surface area contributed by atoms with Crippen LogP contribution >= 0.6 is 22.9 Å². The molecule has 0 aliphatic heterocycles. The number of thiazole rings is 1. The highest BCUT2D eigenvalue weighted by Crippen LogP contribution is 2.23. The quantitative estimate of drug-likeness (QED) is 0.553. The monoisotopic (exact) mass is 464 g/mol. The SMILES string of the molecule is Cc1nc(COc2ccc(Cl)cc2)sc1C(=O)N[C@@H](C)c1ccc(S(C)(=O)=O)cc1. The molecule has 6 nitrogen and oxygen atoms in total. The van der Waals surface area contributed by atoms with Crippen LogP contribution in [0, 0.1) is 6.92 Å². The van der Waals surface area contributed by atoms with Gasteiger partial charge < -0.3 is 10.1 Å². The molecule has 0 saturated carbocycles. The van der Waals surface area contributed by atoms with Crippen LogP contribution in [0.1, 0.15) is 38.9 Å². The summed E-state index contributed by atoms with van der Waals surface area (Å²) in [5.41, 5.74) is 1.44. The summed E-state index contributed by atoms with van der Waals surface area (Å²) in [5.74, 6) is 0.437. The zero-order chi connectivity index (χ0) is 21.9. The van der Waals surface area contributed by atoms with Crippen LogP contribution in [0.2, 0.25) is 5.02 Å². The van der Waals surface area contributed by atoms with Gasteiger partial charge in [0.05, 0.1) is 16.6 Å². The zero-order valence-electron chi connectivity index (χ0n) is 16.7. The van der Waals surface area contributed by atoms with Crippen molar-refractivity contribution in [1.82, 2.24) is 10.3 Å². The molecule has 0 spiro atoms. The van der Waals surface area contributed by atoms with Crippen molar-refractivity contribution in [2.45, 2.75) is 31.4 Å². The van der Waals surface area contributed by atoms with Crippen molar-refractivity contribution in [3.05, 3.63) is 74.7 Å². The van der Waals surface area contributed by atoms with Crippen LogP contribution in [-0.4, -0.2) is 25.6 Å². The first-order chi connectivity index (χ1) is 14.1. The molecule has 158 valence electrons. The van der Waals surface area contributed by atoms with E-state index in [9.17, 15) is 13.2 Å². The van der Waals surface area contributed by atoms with Crippen molar-refractivity contribution in [2.24, 2.45) is 0 Å². The summed E-state index contributed by atoms with van der Waals surface area (Å²) in [6.07, 6.45) is 1.16. The second-order valence-electron chi connectivity index (χ2n) is 6.80. The van der Waals surface area contributed by atoms with Gasteiger partial charge in [0.25, 0.3) is 5.91 Å². The predicted octanol–water partition coefficient (Wildman–Crippen LogP) is 4.58. The molecule has 0 unspecified atom stereocenters. The predicted molar refractivity (Wildman–Crippen MR) is 118 cm³/mol. The fourth-order valence-corrected chi connectivity index (χ4v) is 4.39. The molecular weight excluding hydrogens is 444 g/mol. The van der Waals surface area contributed by atoms with Crippen molar-refractivity contribution < 1.29 is 17.9 Å². The normalized spacial score (nSPS) is 12.4. The maximum Gasteiger partial charge on any atom is 0.263 e. The van der Waals surface area contributed by atoms with Crippen LogP contribution in [0.15, 0.2) is 53.4 Å². The summed E-state index contributed by atoms with van der Waals surface area (Å²) >= 11 is 7.14. The number of nitrogens with one attached hydrogen (secondary N) is 1. The van der Waals surface area contributed by atoms with Crippen molar-refractivity contribution in [1.29, 1.82) is 0 Å². The first-order valence-corrected chi connectivity index (χ1v) is 12.2. The third-order valence-electron chi connectivity index (χ3n) is 4.38. The van der Waals surface area contributed by atoms with Gasteiger partial charge >= 0.3 is 0 Å². The molecule has 1 amide bonds. The van der Waals surface area contributed by atoms with Crippen molar-refractivity contribution in [3.63, 3.8) is 0 Å². The second kappa shape index (κ2) is 9.16. The van der Waals surface area contributed by atoms with Crippen LogP contribution in [0.4, 0.5) is 0 Å². The van der Waals surface area contributed by atoms with E-state index >= 15 is 0 Å². The minimum Gasteiger partial charge on any atom is -0.486 e. The van der Waals surface area contributed by atoms with E-state index in [0.717, 1.165) is 11.8 Å². The number of ether oxygens (including phenoxy) is 1. The largest absolute Gasteiger partial charge is 0.486 e. The number of carbonyl (C=O) groups is 1. The van der Waals surface area contributed by atoms with Gasteiger partial charge in [-0.05, 0) is 55.8 Å². The molecule has 0 aliphatic rings. The summed E-state index contributed by atoms with van der Waals surface area (Å²) in [6, 6.07) is 13.2. The lowest BCUT2D eigenvalue weighted by molar-refractivity contribution is 0.0943. The smallest absolute Gasteiger partial charge is 0.263 e. The van der Waals surface area contributed by atoms with Crippen LogP contribution in [0.5, 0.6) is 5.75 Å². The summed E-state index contributed by atoms with van der Waals surface area (Å²) in [7, 11) is -3.25. The lowest BCUT2D eigenvalue weighted by atomic mass is 10.1. The third kappa shape index (κ3) is 5.59. The maximum atomic E-state index is 12.7. The number of carbonyl (C=O) groups excluding carboxylic acids is 1. The molecule has 1 aromatic heterocycles. The van der Waals surface area contributed by atoms with Crippen molar-refractivity contribution in [2.75, 3.05) is 6.26 Å². The number of rotatable bonds is 7. The fraction of sp³-hybridized carbons (Fsp3) is 0.238. The van der Waals surface area contributed by atoms with Crippen LogP contribution in [0.3, 0.4) is 0 Å². The van der Waals surface area contributed by atoms with Crippen LogP contribution < -0.4 is 10.1 Å². The van der Waals surface area contributed by atoms with E-state index in [1.807, 2.05) is 6.92 Å². The summed E-state index contributed by atoms with van der Waals surface area (Å²) in [6.45, 7) is 3.87. The van der Waals surface area contributed by atoms with Gasteiger partial charge in [-0.25, -0.2) is 13.4 Å². The Balaban J connectivity index is 1.64. The third-order valence-corrected chi connectivity index (χ3v) is 6.89. The number of nitrogens with zero attached hydrogens (tertiary/aromatic N) is 1. The highest BCUT2D eigenvalue weighted by atomic mass is 35.5. The number of amides is 1. The van der Waals surface area contributed by atoms with Gasteiger partial charge in [0.15, 0.2) is 9.84 Å². The van der Waals surface area contributed by atoms with Gasteiger partial charge in [-0.3, -0.25) is 4.79 Å². The average Bonchev–Trinajstić information content (AvgIpc) is 3.07. The van der Waals surface area contributed by atoms with E-state index in [-0.39, 0.29) is 23.5 Å². The topological polar surface area (TPSA) is 85.4 Å². The molecular formula is C21H21ClN2O4S2. The molecule has 3 aromatic rings. The summed E-state index contributed by atoms with van der Waals surface area (Å²) in [4.78, 5) is 17.9. The van der Waals surface area contributed by atoms with Gasteiger partial charge in [0.1, 0.15) is 22.2 Å². The first-order valence-electron chi connectivity index (χ1n) is 9.09. The Bertz CT molecular complexity index is 1140. The van der Waals surface area contributed by atoms with Crippen LogP contribution in [-0.2, 0) is 16.4 Å². The standard InChI is InChI=1S/C21H21ClN2O4S2/c1-13(15-4-10-18(11-5-15)30(3,26)27)24-21(25)20-14(2)23-19(29-20)12-28-17-8-6-16(22)7-9-17/h4-11,13H,12H2,1-3H3,(H,24,25)/t13-/m0/s1. The van der Waals surface area contributed by atoms with E-state index in [2.05, 4.69) is 10.3 Å². The molecule has 0 bridgehead atoms. The minimum absolute atomic E-state index is 0.234.